The van der Waals surface area contributed by atoms with Gasteiger partial charge in [-0.15, -0.1) is 12.4 Å². The van der Waals surface area contributed by atoms with Crippen molar-refractivity contribution in [3.63, 3.8) is 0 Å². The number of benzene rings is 1. The van der Waals surface area contributed by atoms with Gasteiger partial charge in [0.25, 0.3) is 5.91 Å². The van der Waals surface area contributed by atoms with Gasteiger partial charge in [0, 0.05) is 24.8 Å². The Kier molecular flexibility index (Phi) is 5.82. The third kappa shape index (κ3) is 3.42. The van der Waals surface area contributed by atoms with Crippen molar-refractivity contribution in [1.29, 1.82) is 0 Å². The molecular formula is C14H20ClN3O2. The molecule has 0 saturated carbocycles. The Labute approximate surface area is 124 Å². The maximum absolute atomic E-state index is 12.5. The maximum atomic E-state index is 12.5. The summed E-state index contributed by atoms with van der Waals surface area (Å²) in [6.07, 6.45) is 2.62. The van der Waals surface area contributed by atoms with Gasteiger partial charge in [-0.2, -0.15) is 0 Å². The number of nitrogen functional groups attached to an aromatic ring is 1. The van der Waals surface area contributed by atoms with Crippen LogP contribution in [0.15, 0.2) is 24.3 Å². The lowest BCUT2D eigenvalue weighted by Crippen LogP contribution is -2.51. The van der Waals surface area contributed by atoms with Crippen molar-refractivity contribution in [3.8, 4) is 0 Å². The second kappa shape index (κ2) is 7.14. The van der Waals surface area contributed by atoms with E-state index in [1.807, 2.05) is 0 Å². The van der Waals surface area contributed by atoms with Gasteiger partial charge >= 0.3 is 0 Å². The molecule has 20 heavy (non-hydrogen) atoms. The van der Waals surface area contributed by atoms with Crippen LogP contribution in [0, 0.1) is 0 Å². The highest BCUT2D eigenvalue weighted by atomic mass is 35.5. The molecule has 3 N–H and O–H groups in total. The predicted molar refractivity (Wildman–Crippen MR) is 80.8 cm³/mol. The molecule has 0 aliphatic carbocycles. The van der Waals surface area contributed by atoms with E-state index in [0.29, 0.717) is 24.2 Å². The van der Waals surface area contributed by atoms with E-state index in [1.165, 1.54) is 0 Å². The zero-order chi connectivity index (χ0) is 13.8. The van der Waals surface area contributed by atoms with Gasteiger partial charge < -0.3 is 16.0 Å². The average molecular weight is 298 g/mol. The van der Waals surface area contributed by atoms with E-state index >= 15 is 0 Å². The fourth-order valence-corrected chi connectivity index (χ4v) is 2.45. The number of nitrogens with two attached hydrogens (primary N) is 1. The molecule has 0 spiro atoms. The lowest BCUT2D eigenvalue weighted by atomic mass is 10.00. The Morgan fingerprint density at radius 1 is 1.35 bits per heavy atom. The van der Waals surface area contributed by atoms with Gasteiger partial charge in [0.15, 0.2) is 0 Å². The number of hydrogen-bond donors (Lipinski definition) is 2. The topological polar surface area (TPSA) is 75.4 Å². The molecule has 5 nitrogen and oxygen atoms in total. The number of carbonyl (C=O) groups excluding carboxylic acids is 2. The number of amides is 2. The number of nitrogens with one attached hydrogen (secondary N) is 1. The first-order chi connectivity index (χ1) is 9.13. The lowest BCUT2D eigenvalue weighted by Gasteiger charge is -2.34. The highest BCUT2D eigenvalue weighted by Crippen LogP contribution is 2.20. The molecule has 1 heterocycles. The summed E-state index contributed by atoms with van der Waals surface area (Å²) in [6.45, 7) is 0.617. The minimum absolute atomic E-state index is 0. The lowest BCUT2D eigenvalue weighted by molar-refractivity contribution is -0.126. The first kappa shape index (κ1) is 16.3. The molecule has 1 unspecified atom stereocenters. The molecule has 0 aromatic heterocycles. The third-order valence-corrected chi connectivity index (χ3v) is 3.45. The first-order valence-corrected chi connectivity index (χ1v) is 6.51. The van der Waals surface area contributed by atoms with Crippen LogP contribution < -0.4 is 11.1 Å². The number of carbonyl (C=O) groups is 2. The Hall–Kier alpha value is -1.75. The van der Waals surface area contributed by atoms with Crippen LogP contribution >= 0.6 is 12.4 Å². The fraction of sp³-hybridized carbons (Fsp3) is 0.429. The molecule has 1 aliphatic heterocycles. The van der Waals surface area contributed by atoms with Crippen LogP contribution in [0.2, 0.25) is 0 Å². The van der Waals surface area contributed by atoms with Crippen LogP contribution in [-0.4, -0.2) is 36.3 Å². The van der Waals surface area contributed by atoms with Crippen LogP contribution in [0.1, 0.15) is 29.6 Å². The van der Waals surface area contributed by atoms with Crippen molar-refractivity contribution in [3.05, 3.63) is 29.8 Å². The smallest absolute Gasteiger partial charge is 0.254 e. The van der Waals surface area contributed by atoms with Crippen molar-refractivity contribution >= 4 is 29.9 Å². The molecule has 1 aliphatic rings. The summed E-state index contributed by atoms with van der Waals surface area (Å²) in [5.74, 6) is -0.224. The molecule has 0 bridgehead atoms. The Morgan fingerprint density at radius 3 is 2.75 bits per heavy atom. The number of nitrogens with zero attached hydrogens (tertiary/aromatic N) is 1. The SMILES string of the molecule is CNC(=O)C1CCCCN1C(=O)c1cccc(N)c1.Cl. The molecule has 2 amide bonds. The minimum Gasteiger partial charge on any atom is -0.399 e. The van der Waals surface area contributed by atoms with Crippen molar-refractivity contribution in [2.24, 2.45) is 0 Å². The van der Waals surface area contributed by atoms with Crippen LogP contribution in [0.5, 0.6) is 0 Å². The zero-order valence-electron chi connectivity index (χ0n) is 11.5. The van der Waals surface area contributed by atoms with Gasteiger partial charge in [0.05, 0.1) is 0 Å². The summed E-state index contributed by atoms with van der Waals surface area (Å²) in [7, 11) is 1.60. The van der Waals surface area contributed by atoms with E-state index < -0.39 is 0 Å². The zero-order valence-corrected chi connectivity index (χ0v) is 12.3. The molecule has 1 saturated heterocycles. The van der Waals surface area contributed by atoms with Crippen molar-refractivity contribution in [2.45, 2.75) is 25.3 Å². The van der Waals surface area contributed by atoms with E-state index in [0.717, 1.165) is 12.8 Å². The third-order valence-electron chi connectivity index (χ3n) is 3.45. The number of likely N-dealkylation sites (tertiary alicyclic amines) is 1. The van der Waals surface area contributed by atoms with E-state index in [-0.39, 0.29) is 30.3 Å². The highest BCUT2D eigenvalue weighted by Gasteiger charge is 2.31. The van der Waals surface area contributed by atoms with E-state index in [9.17, 15) is 9.59 Å². The number of halogens is 1. The molecule has 110 valence electrons. The van der Waals surface area contributed by atoms with Crippen LogP contribution in [0.4, 0.5) is 5.69 Å². The van der Waals surface area contributed by atoms with Gasteiger partial charge in [-0.3, -0.25) is 9.59 Å². The Balaban J connectivity index is 0.00000200. The second-order valence-corrected chi connectivity index (χ2v) is 4.75. The maximum Gasteiger partial charge on any atom is 0.254 e. The van der Waals surface area contributed by atoms with Gasteiger partial charge in [-0.25, -0.2) is 0 Å². The summed E-state index contributed by atoms with van der Waals surface area (Å²) in [5, 5.41) is 2.62. The Bertz CT molecular complexity index is 493. The van der Waals surface area contributed by atoms with Crippen LogP contribution in [-0.2, 0) is 4.79 Å². The monoisotopic (exact) mass is 297 g/mol. The van der Waals surface area contributed by atoms with Gasteiger partial charge in [-0.1, -0.05) is 6.07 Å². The van der Waals surface area contributed by atoms with Crippen LogP contribution in [0.3, 0.4) is 0 Å². The van der Waals surface area contributed by atoms with Crippen molar-refractivity contribution < 1.29 is 9.59 Å². The number of piperidine rings is 1. The van der Waals surface area contributed by atoms with Crippen molar-refractivity contribution in [1.82, 2.24) is 10.2 Å². The molecule has 2 rings (SSSR count). The second-order valence-electron chi connectivity index (χ2n) is 4.75. The first-order valence-electron chi connectivity index (χ1n) is 6.51. The summed E-state index contributed by atoms with van der Waals surface area (Å²) in [4.78, 5) is 26.0. The molecule has 1 atom stereocenters. The summed E-state index contributed by atoms with van der Waals surface area (Å²) < 4.78 is 0. The van der Waals surface area contributed by atoms with E-state index in [1.54, 1.807) is 36.2 Å². The minimum atomic E-state index is -0.368. The van der Waals surface area contributed by atoms with E-state index in [2.05, 4.69) is 5.32 Å². The number of likely N-dealkylation sites (N-methyl/N-ethyl adjacent to an activating group) is 1. The standard InChI is InChI=1S/C14H19N3O2.ClH/c1-16-13(18)12-7-2-3-8-17(12)14(19)10-5-4-6-11(15)9-10;/h4-6,9,12H,2-3,7-8,15H2,1H3,(H,16,18);1H. The molecule has 0 radical (unpaired) electrons. The molecule has 6 heteroatoms. The predicted octanol–water partition coefficient (Wildman–Crippen LogP) is 1.43. The summed E-state index contributed by atoms with van der Waals surface area (Å²) in [5.41, 5.74) is 6.79. The van der Waals surface area contributed by atoms with E-state index in [4.69, 9.17) is 5.73 Å². The molecule has 1 fully saturated rings. The molecule has 1 aromatic rings. The number of anilines is 1. The molecular weight excluding hydrogens is 278 g/mol. The number of rotatable bonds is 2. The number of hydrogen-bond acceptors (Lipinski definition) is 3. The normalized spacial score (nSPS) is 18.1. The van der Waals surface area contributed by atoms with Gasteiger partial charge in [0.1, 0.15) is 6.04 Å². The fourth-order valence-electron chi connectivity index (χ4n) is 2.45. The summed E-state index contributed by atoms with van der Waals surface area (Å²) >= 11 is 0. The average Bonchev–Trinajstić information content (AvgIpc) is 2.45. The highest BCUT2D eigenvalue weighted by molar-refractivity contribution is 5.98. The van der Waals surface area contributed by atoms with Gasteiger partial charge in [-0.05, 0) is 37.5 Å². The van der Waals surface area contributed by atoms with Crippen LogP contribution in [0.25, 0.3) is 0 Å². The van der Waals surface area contributed by atoms with Crippen molar-refractivity contribution in [2.75, 3.05) is 19.3 Å². The quantitative estimate of drug-likeness (QED) is 0.811. The largest absolute Gasteiger partial charge is 0.399 e. The Morgan fingerprint density at radius 2 is 2.10 bits per heavy atom. The van der Waals surface area contributed by atoms with Gasteiger partial charge in [0.2, 0.25) is 5.91 Å². The molecule has 1 aromatic carbocycles. The summed E-state index contributed by atoms with van der Waals surface area (Å²) in [6, 6.07) is 6.50.